The fourth-order valence-electron chi connectivity index (χ4n) is 1.52. The standard InChI is InChI=1S/C12H14O2/c1-13-11-6-4-10(5-7-11)9-12-3-2-8-14-12/h4-7,9H,2-3,8H2,1H3/b12-9-. The molecule has 1 aliphatic rings. The Morgan fingerprint density at radius 1 is 1.29 bits per heavy atom. The van der Waals surface area contributed by atoms with Gasteiger partial charge in [0, 0.05) is 6.42 Å². The van der Waals surface area contributed by atoms with Crippen molar-refractivity contribution in [3.8, 4) is 5.75 Å². The minimum absolute atomic E-state index is 0.863. The van der Waals surface area contributed by atoms with Crippen molar-refractivity contribution in [2.24, 2.45) is 0 Å². The predicted molar refractivity (Wildman–Crippen MR) is 56.2 cm³/mol. The minimum Gasteiger partial charge on any atom is -0.498 e. The number of hydrogen-bond donors (Lipinski definition) is 0. The Balaban J connectivity index is 2.12. The fourth-order valence-corrected chi connectivity index (χ4v) is 1.52. The van der Waals surface area contributed by atoms with Crippen LogP contribution in [0.4, 0.5) is 0 Å². The van der Waals surface area contributed by atoms with Crippen LogP contribution in [0.1, 0.15) is 18.4 Å². The highest BCUT2D eigenvalue weighted by atomic mass is 16.5. The first-order chi connectivity index (χ1) is 6.88. The van der Waals surface area contributed by atoms with Crippen molar-refractivity contribution in [2.75, 3.05) is 13.7 Å². The molecule has 1 fully saturated rings. The van der Waals surface area contributed by atoms with Gasteiger partial charge in [0.15, 0.2) is 0 Å². The van der Waals surface area contributed by atoms with Gasteiger partial charge in [-0.3, -0.25) is 0 Å². The van der Waals surface area contributed by atoms with Gasteiger partial charge in [-0.15, -0.1) is 0 Å². The molecular formula is C12H14O2. The van der Waals surface area contributed by atoms with Gasteiger partial charge in [0.1, 0.15) is 5.75 Å². The zero-order chi connectivity index (χ0) is 9.80. The van der Waals surface area contributed by atoms with Crippen LogP contribution in [-0.4, -0.2) is 13.7 Å². The van der Waals surface area contributed by atoms with E-state index in [1.165, 1.54) is 5.56 Å². The van der Waals surface area contributed by atoms with Crippen LogP contribution >= 0.6 is 0 Å². The van der Waals surface area contributed by atoms with Crippen molar-refractivity contribution in [3.05, 3.63) is 35.6 Å². The van der Waals surface area contributed by atoms with Crippen molar-refractivity contribution in [1.29, 1.82) is 0 Å². The van der Waals surface area contributed by atoms with Gasteiger partial charge in [-0.2, -0.15) is 0 Å². The highest BCUT2D eigenvalue weighted by Crippen LogP contribution is 2.20. The summed E-state index contributed by atoms with van der Waals surface area (Å²) in [5, 5.41) is 0. The molecule has 0 N–H and O–H groups in total. The Morgan fingerprint density at radius 3 is 2.64 bits per heavy atom. The van der Waals surface area contributed by atoms with Gasteiger partial charge < -0.3 is 9.47 Å². The van der Waals surface area contributed by atoms with Crippen molar-refractivity contribution < 1.29 is 9.47 Å². The zero-order valence-electron chi connectivity index (χ0n) is 8.32. The summed E-state index contributed by atoms with van der Waals surface area (Å²) in [6.07, 6.45) is 4.29. The summed E-state index contributed by atoms with van der Waals surface area (Å²) in [7, 11) is 1.67. The average molecular weight is 190 g/mol. The molecule has 74 valence electrons. The molecule has 1 aliphatic heterocycles. The molecule has 0 aromatic heterocycles. The summed E-state index contributed by atoms with van der Waals surface area (Å²) < 4.78 is 10.5. The second kappa shape index (κ2) is 4.18. The van der Waals surface area contributed by atoms with Crippen molar-refractivity contribution >= 4 is 6.08 Å². The van der Waals surface area contributed by atoms with Crippen LogP contribution in [0.25, 0.3) is 6.08 Å². The molecule has 1 aromatic carbocycles. The molecule has 0 radical (unpaired) electrons. The topological polar surface area (TPSA) is 18.5 Å². The summed E-state index contributed by atoms with van der Waals surface area (Å²) in [4.78, 5) is 0. The van der Waals surface area contributed by atoms with E-state index in [1.807, 2.05) is 24.3 Å². The summed E-state index contributed by atoms with van der Waals surface area (Å²) in [6, 6.07) is 7.99. The third-order valence-electron chi connectivity index (χ3n) is 2.30. The van der Waals surface area contributed by atoms with Crippen LogP contribution in [0.5, 0.6) is 5.75 Å². The second-order valence-electron chi connectivity index (χ2n) is 3.34. The Bertz CT molecular complexity index is 317. The lowest BCUT2D eigenvalue weighted by Gasteiger charge is -2.01. The maximum Gasteiger partial charge on any atom is 0.118 e. The molecule has 2 nitrogen and oxygen atoms in total. The van der Waals surface area contributed by atoms with Gasteiger partial charge in [-0.1, -0.05) is 12.1 Å². The normalized spacial score (nSPS) is 18.2. The van der Waals surface area contributed by atoms with E-state index in [0.29, 0.717) is 0 Å². The molecule has 0 atom stereocenters. The second-order valence-corrected chi connectivity index (χ2v) is 3.34. The molecule has 0 aliphatic carbocycles. The first kappa shape index (κ1) is 9.13. The summed E-state index contributed by atoms with van der Waals surface area (Å²) in [6.45, 7) is 0.863. The van der Waals surface area contributed by atoms with Crippen LogP contribution in [0, 0.1) is 0 Å². The smallest absolute Gasteiger partial charge is 0.118 e. The van der Waals surface area contributed by atoms with E-state index >= 15 is 0 Å². The van der Waals surface area contributed by atoms with E-state index in [-0.39, 0.29) is 0 Å². The van der Waals surface area contributed by atoms with E-state index in [2.05, 4.69) is 6.08 Å². The van der Waals surface area contributed by atoms with Crippen molar-refractivity contribution in [1.82, 2.24) is 0 Å². The number of benzene rings is 1. The zero-order valence-corrected chi connectivity index (χ0v) is 8.32. The maximum atomic E-state index is 5.44. The Hall–Kier alpha value is -1.44. The SMILES string of the molecule is COc1ccc(/C=C2/CCCO2)cc1. The van der Waals surface area contributed by atoms with E-state index in [4.69, 9.17) is 9.47 Å². The number of hydrogen-bond acceptors (Lipinski definition) is 2. The minimum atomic E-state index is 0.863. The van der Waals surface area contributed by atoms with Crippen LogP contribution in [0.15, 0.2) is 30.0 Å². The molecule has 0 bridgehead atoms. The largest absolute Gasteiger partial charge is 0.498 e. The Kier molecular flexibility index (Phi) is 2.73. The molecule has 0 saturated carbocycles. The van der Waals surface area contributed by atoms with E-state index in [9.17, 15) is 0 Å². The van der Waals surface area contributed by atoms with Gasteiger partial charge >= 0.3 is 0 Å². The number of allylic oxidation sites excluding steroid dienone is 1. The number of ether oxygens (including phenoxy) is 2. The quantitative estimate of drug-likeness (QED) is 0.714. The monoisotopic (exact) mass is 190 g/mol. The molecule has 1 aromatic rings. The lowest BCUT2D eigenvalue weighted by molar-refractivity contribution is 0.266. The molecule has 14 heavy (non-hydrogen) atoms. The highest BCUT2D eigenvalue weighted by molar-refractivity contribution is 5.52. The predicted octanol–water partition coefficient (Wildman–Crippen LogP) is 2.85. The molecule has 2 heteroatoms. The van der Waals surface area contributed by atoms with E-state index < -0.39 is 0 Å². The van der Waals surface area contributed by atoms with Crippen LogP contribution < -0.4 is 4.74 Å². The third kappa shape index (κ3) is 2.08. The molecule has 1 heterocycles. The van der Waals surface area contributed by atoms with E-state index in [1.54, 1.807) is 7.11 Å². The average Bonchev–Trinajstić information content (AvgIpc) is 2.72. The lowest BCUT2D eigenvalue weighted by Crippen LogP contribution is -1.83. The molecule has 0 amide bonds. The summed E-state index contributed by atoms with van der Waals surface area (Å²) in [5.74, 6) is 1.98. The van der Waals surface area contributed by atoms with Gasteiger partial charge in [0.25, 0.3) is 0 Å². The third-order valence-corrected chi connectivity index (χ3v) is 2.30. The van der Waals surface area contributed by atoms with Crippen LogP contribution in [0.3, 0.4) is 0 Å². The van der Waals surface area contributed by atoms with E-state index in [0.717, 1.165) is 31.0 Å². The van der Waals surface area contributed by atoms with Gasteiger partial charge in [-0.05, 0) is 30.2 Å². The molecule has 2 rings (SSSR count). The van der Waals surface area contributed by atoms with Crippen LogP contribution in [0.2, 0.25) is 0 Å². The molecule has 1 saturated heterocycles. The van der Waals surface area contributed by atoms with Crippen LogP contribution in [-0.2, 0) is 4.74 Å². The van der Waals surface area contributed by atoms with Gasteiger partial charge in [0.2, 0.25) is 0 Å². The first-order valence-electron chi connectivity index (χ1n) is 4.86. The highest BCUT2D eigenvalue weighted by Gasteiger charge is 2.06. The number of rotatable bonds is 2. The van der Waals surface area contributed by atoms with Gasteiger partial charge in [-0.25, -0.2) is 0 Å². The molecule has 0 unspecified atom stereocenters. The Morgan fingerprint density at radius 2 is 2.07 bits per heavy atom. The first-order valence-corrected chi connectivity index (χ1v) is 4.86. The maximum absolute atomic E-state index is 5.44. The van der Waals surface area contributed by atoms with Crippen molar-refractivity contribution in [2.45, 2.75) is 12.8 Å². The van der Waals surface area contributed by atoms with Crippen molar-refractivity contribution in [3.63, 3.8) is 0 Å². The Labute approximate surface area is 84.2 Å². The summed E-state index contributed by atoms with van der Waals surface area (Å²) >= 11 is 0. The fraction of sp³-hybridized carbons (Fsp3) is 0.333. The molecule has 0 spiro atoms. The molecular weight excluding hydrogens is 176 g/mol. The number of methoxy groups -OCH3 is 1. The lowest BCUT2D eigenvalue weighted by atomic mass is 10.2. The van der Waals surface area contributed by atoms with Gasteiger partial charge in [0.05, 0.1) is 19.5 Å². The summed E-state index contributed by atoms with van der Waals surface area (Å²) in [5.41, 5.74) is 1.17.